The second-order valence-electron chi connectivity index (χ2n) is 12.3. The van der Waals surface area contributed by atoms with E-state index in [1.165, 1.54) is 21.0 Å². The third kappa shape index (κ3) is 10.2. The molecule has 10 heteroatoms. The lowest BCUT2D eigenvalue weighted by atomic mass is 9.92. The van der Waals surface area contributed by atoms with Crippen LogP contribution in [0.5, 0.6) is 0 Å². The molecule has 10 nitrogen and oxygen atoms in total. The molecule has 2 fully saturated rings. The van der Waals surface area contributed by atoms with Crippen LogP contribution in [0, 0.1) is 11.8 Å². The van der Waals surface area contributed by atoms with Crippen molar-refractivity contribution in [2.75, 3.05) is 47.1 Å². The number of amides is 2. The van der Waals surface area contributed by atoms with Crippen LogP contribution < -0.4 is 5.32 Å². The first kappa shape index (κ1) is 37.2. The molecule has 4 rings (SSSR count). The molecule has 3 unspecified atom stereocenters. The van der Waals surface area contributed by atoms with E-state index in [0.29, 0.717) is 37.4 Å². The second-order valence-corrected chi connectivity index (χ2v) is 12.3. The molecule has 2 amide bonds. The number of rotatable bonds is 15. The van der Waals surface area contributed by atoms with Crippen LogP contribution >= 0.6 is 0 Å². The van der Waals surface area contributed by atoms with Gasteiger partial charge in [-0.2, -0.15) is 0 Å². The first-order valence-electron chi connectivity index (χ1n) is 17.1. The Morgan fingerprint density at radius 3 is 2.10 bits per heavy atom. The third-order valence-corrected chi connectivity index (χ3v) is 8.86. The fourth-order valence-electron chi connectivity index (χ4n) is 5.53. The standard InChI is InChI=1S/C38H50N2O8/c1-5-6-23-44-26-32(48-35-12-8-10-25-46-35)30-19-15-28(16-20-30)13-14-29-17-21-31(22-18-29)36(42)40(4)38(2,37(43)39-3)33(41)27-47-34-11-7-9-24-45-34/h15-22,32,34-35H,5-12,23-27H2,1-4H3,(H,39,43)/t32?,34?,35?,38-/m1/s1. The van der Waals surface area contributed by atoms with Gasteiger partial charge in [-0.1, -0.05) is 37.3 Å². The highest BCUT2D eigenvalue weighted by molar-refractivity contribution is 6.14. The summed E-state index contributed by atoms with van der Waals surface area (Å²) in [5, 5.41) is 2.52. The molecular formula is C38H50N2O8. The number of Topliss-reactive ketones (excluding diaryl/α,β-unsaturated/α-hetero) is 1. The summed E-state index contributed by atoms with van der Waals surface area (Å²) in [5.41, 5.74) is 1.10. The number of carbonyl (C=O) groups excluding carboxylic acids is 3. The highest BCUT2D eigenvalue weighted by Gasteiger charge is 2.46. The Morgan fingerprint density at radius 1 is 0.938 bits per heavy atom. The quantitative estimate of drug-likeness (QED) is 0.158. The van der Waals surface area contributed by atoms with Gasteiger partial charge in [0.25, 0.3) is 11.8 Å². The molecule has 2 aromatic rings. The molecule has 0 aliphatic carbocycles. The predicted octanol–water partition coefficient (Wildman–Crippen LogP) is 5.18. The average molecular weight is 663 g/mol. The topological polar surface area (TPSA) is 113 Å². The van der Waals surface area contributed by atoms with E-state index >= 15 is 0 Å². The summed E-state index contributed by atoms with van der Waals surface area (Å²) in [6.07, 6.45) is 6.74. The zero-order chi connectivity index (χ0) is 34.4. The molecule has 48 heavy (non-hydrogen) atoms. The molecular weight excluding hydrogens is 612 g/mol. The number of likely N-dealkylation sites (N-methyl/N-ethyl adjacent to an activating group) is 2. The van der Waals surface area contributed by atoms with Crippen molar-refractivity contribution >= 4 is 17.6 Å². The van der Waals surface area contributed by atoms with E-state index in [2.05, 4.69) is 24.1 Å². The maximum absolute atomic E-state index is 13.5. The normalized spacial score (nSPS) is 19.7. The van der Waals surface area contributed by atoms with Gasteiger partial charge in [0, 0.05) is 50.6 Å². The van der Waals surface area contributed by atoms with Crippen molar-refractivity contribution in [3.8, 4) is 11.8 Å². The highest BCUT2D eigenvalue weighted by Crippen LogP contribution is 2.25. The number of hydrogen-bond acceptors (Lipinski definition) is 8. The summed E-state index contributed by atoms with van der Waals surface area (Å²) in [6, 6.07) is 14.7. The minimum atomic E-state index is -1.78. The molecule has 0 radical (unpaired) electrons. The van der Waals surface area contributed by atoms with Crippen LogP contribution in [-0.4, -0.2) is 87.7 Å². The molecule has 0 saturated carbocycles. The van der Waals surface area contributed by atoms with Crippen LogP contribution in [0.15, 0.2) is 48.5 Å². The van der Waals surface area contributed by atoms with Crippen molar-refractivity contribution in [2.45, 2.75) is 89.4 Å². The number of nitrogens with zero attached hydrogens (tertiary/aromatic N) is 1. The monoisotopic (exact) mass is 662 g/mol. The lowest BCUT2D eigenvalue weighted by Gasteiger charge is -2.36. The lowest BCUT2D eigenvalue weighted by molar-refractivity contribution is -0.200. The lowest BCUT2D eigenvalue weighted by Crippen LogP contribution is -2.62. The minimum absolute atomic E-state index is 0.221. The number of carbonyl (C=O) groups is 3. The van der Waals surface area contributed by atoms with Crippen LogP contribution in [0.4, 0.5) is 0 Å². The Hall–Kier alpha value is -3.59. The van der Waals surface area contributed by atoms with Crippen LogP contribution in [0.25, 0.3) is 0 Å². The maximum atomic E-state index is 13.5. The Kier molecular flexibility index (Phi) is 14.6. The Bertz CT molecular complexity index is 1390. The van der Waals surface area contributed by atoms with Gasteiger partial charge in [-0.25, -0.2) is 0 Å². The molecule has 4 atom stereocenters. The first-order chi connectivity index (χ1) is 23.3. The Labute approximate surface area is 284 Å². The summed E-state index contributed by atoms with van der Waals surface area (Å²) in [7, 11) is 2.87. The molecule has 0 aromatic heterocycles. The van der Waals surface area contributed by atoms with Crippen LogP contribution in [0.2, 0.25) is 0 Å². The number of unbranched alkanes of at least 4 members (excludes halogenated alkanes) is 1. The smallest absolute Gasteiger partial charge is 0.254 e. The van der Waals surface area contributed by atoms with Gasteiger partial charge in [0.15, 0.2) is 23.9 Å². The van der Waals surface area contributed by atoms with E-state index < -0.39 is 29.4 Å². The minimum Gasteiger partial charge on any atom is -0.378 e. The van der Waals surface area contributed by atoms with Crippen molar-refractivity contribution < 1.29 is 38.1 Å². The van der Waals surface area contributed by atoms with Gasteiger partial charge < -0.3 is 33.9 Å². The van der Waals surface area contributed by atoms with Gasteiger partial charge >= 0.3 is 0 Å². The van der Waals surface area contributed by atoms with Gasteiger partial charge in [-0.15, -0.1) is 0 Å². The zero-order valence-electron chi connectivity index (χ0n) is 28.8. The molecule has 260 valence electrons. The predicted molar refractivity (Wildman–Crippen MR) is 181 cm³/mol. The number of nitrogens with one attached hydrogen (secondary N) is 1. The van der Waals surface area contributed by atoms with E-state index in [4.69, 9.17) is 23.7 Å². The molecule has 1 N–H and O–H groups in total. The van der Waals surface area contributed by atoms with E-state index in [0.717, 1.165) is 67.6 Å². The van der Waals surface area contributed by atoms with Crippen molar-refractivity contribution in [1.29, 1.82) is 0 Å². The van der Waals surface area contributed by atoms with E-state index in [1.807, 2.05) is 24.3 Å². The first-order valence-corrected chi connectivity index (χ1v) is 17.1. The second kappa shape index (κ2) is 18.8. The van der Waals surface area contributed by atoms with Crippen LogP contribution in [0.3, 0.4) is 0 Å². The van der Waals surface area contributed by atoms with Gasteiger partial charge in [-0.05, 0) is 93.8 Å². The van der Waals surface area contributed by atoms with E-state index in [-0.39, 0.29) is 19.0 Å². The SMILES string of the molecule is CCCCOCC(OC1CCCCO1)c1ccc(C#Cc2ccc(C(=O)N(C)[C@](C)(C(=O)COC3CCCCO3)C(=O)NC)cc2)cc1. The van der Waals surface area contributed by atoms with E-state index in [9.17, 15) is 14.4 Å². The van der Waals surface area contributed by atoms with Crippen molar-refractivity contribution in [3.63, 3.8) is 0 Å². The fraction of sp³-hybridized carbons (Fsp3) is 0.553. The molecule has 0 spiro atoms. The molecule has 2 aliphatic heterocycles. The summed E-state index contributed by atoms with van der Waals surface area (Å²) >= 11 is 0. The van der Waals surface area contributed by atoms with Gasteiger partial charge in [-0.3, -0.25) is 14.4 Å². The fourth-order valence-corrected chi connectivity index (χ4v) is 5.53. The van der Waals surface area contributed by atoms with Crippen molar-refractivity contribution in [3.05, 3.63) is 70.8 Å². The van der Waals surface area contributed by atoms with E-state index in [1.54, 1.807) is 24.3 Å². The number of ether oxygens (including phenoxy) is 5. The summed E-state index contributed by atoms with van der Waals surface area (Å²) in [4.78, 5) is 40.9. The number of ketones is 1. The zero-order valence-corrected chi connectivity index (χ0v) is 28.8. The summed E-state index contributed by atoms with van der Waals surface area (Å²) in [6.45, 7) is 5.66. The Morgan fingerprint density at radius 2 is 1.54 bits per heavy atom. The third-order valence-electron chi connectivity index (χ3n) is 8.86. The summed E-state index contributed by atoms with van der Waals surface area (Å²) < 4.78 is 29.2. The van der Waals surface area contributed by atoms with Crippen molar-refractivity contribution in [1.82, 2.24) is 10.2 Å². The molecule has 2 aliphatic rings. The summed E-state index contributed by atoms with van der Waals surface area (Å²) in [5.74, 6) is 4.70. The highest BCUT2D eigenvalue weighted by atomic mass is 16.7. The van der Waals surface area contributed by atoms with Gasteiger partial charge in [0.2, 0.25) is 0 Å². The number of hydrogen-bond donors (Lipinski definition) is 1. The Balaban J connectivity index is 1.39. The van der Waals surface area contributed by atoms with Gasteiger partial charge in [0.1, 0.15) is 12.7 Å². The average Bonchev–Trinajstić information content (AvgIpc) is 3.14. The molecule has 2 heterocycles. The van der Waals surface area contributed by atoms with Gasteiger partial charge in [0.05, 0.1) is 6.61 Å². The maximum Gasteiger partial charge on any atom is 0.254 e. The molecule has 2 aromatic carbocycles. The number of benzene rings is 2. The van der Waals surface area contributed by atoms with Crippen molar-refractivity contribution in [2.24, 2.45) is 0 Å². The molecule has 0 bridgehead atoms. The van der Waals surface area contributed by atoms with Crippen LogP contribution in [0.1, 0.15) is 98.4 Å². The molecule has 2 saturated heterocycles. The largest absolute Gasteiger partial charge is 0.378 e. The van der Waals surface area contributed by atoms with Crippen LogP contribution in [-0.2, 0) is 33.3 Å².